The van der Waals surface area contributed by atoms with Crippen LogP contribution in [0.1, 0.15) is 15.9 Å². The Morgan fingerprint density at radius 1 is 1.00 bits per heavy atom. The van der Waals surface area contributed by atoms with Gasteiger partial charge in [-0.05, 0) is 28.8 Å². The number of nitrogens with zero attached hydrogens (tertiary/aromatic N) is 1. The molecule has 0 bridgehead atoms. The highest BCUT2D eigenvalue weighted by Gasteiger charge is 2.08. The maximum Gasteiger partial charge on any atom is 0.309 e. The highest BCUT2D eigenvalue weighted by atomic mass is 16.5. The van der Waals surface area contributed by atoms with Gasteiger partial charge in [0.1, 0.15) is 0 Å². The largest absolute Gasteiger partial charge is 0.469 e. The lowest BCUT2D eigenvalue weighted by molar-refractivity contribution is -0.139. The molecule has 0 aromatic heterocycles. The number of esters is 1. The highest BCUT2D eigenvalue weighted by molar-refractivity contribution is 5.94. The molecule has 0 aliphatic carbocycles. The molecule has 0 spiro atoms. The average molecular weight is 297 g/mol. The molecule has 0 radical (unpaired) electrons. The Hall–Kier alpha value is -2.62. The number of amides is 1. The molecule has 0 saturated carbocycles. The summed E-state index contributed by atoms with van der Waals surface area (Å²) in [6, 6.07) is 15.2. The molecule has 1 amide bonds. The quantitative estimate of drug-likeness (QED) is 0.815. The molecule has 0 aliphatic heterocycles. The van der Waals surface area contributed by atoms with Gasteiger partial charge in [-0.1, -0.05) is 36.4 Å². The fourth-order valence-electron chi connectivity index (χ4n) is 2.16. The summed E-state index contributed by atoms with van der Waals surface area (Å²) < 4.78 is 4.68. The van der Waals surface area contributed by atoms with Crippen molar-refractivity contribution in [2.24, 2.45) is 0 Å². The van der Waals surface area contributed by atoms with E-state index in [1.807, 2.05) is 48.5 Å². The number of rotatable bonds is 4. The zero-order chi connectivity index (χ0) is 16.1. The van der Waals surface area contributed by atoms with Crippen LogP contribution in [0, 0.1) is 0 Å². The molecule has 2 aromatic carbocycles. The summed E-state index contributed by atoms with van der Waals surface area (Å²) >= 11 is 0. The van der Waals surface area contributed by atoms with Crippen LogP contribution in [-0.4, -0.2) is 38.0 Å². The van der Waals surface area contributed by atoms with Gasteiger partial charge in [-0.2, -0.15) is 0 Å². The molecule has 0 heterocycles. The summed E-state index contributed by atoms with van der Waals surface area (Å²) in [7, 11) is 4.84. The van der Waals surface area contributed by atoms with E-state index >= 15 is 0 Å². The second-order valence-corrected chi connectivity index (χ2v) is 5.23. The van der Waals surface area contributed by atoms with E-state index in [9.17, 15) is 9.59 Å². The van der Waals surface area contributed by atoms with Gasteiger partial charge in [0.2, 0.25) is 0 Å². The summed E-state index contributed by atoms with van der Waals surface area (Å²) in [4.78, 5) is 24.8. The molecule has 114 valence electrons. The standard InChI is InChI=1S/C18H19NO3/c1-19(2)18(21)15-9-7-14(8-10-15)16-6-4-5-13(11-16)12-17(20)22-3/h4-11H,12H2,1-3H3. The van der Waals surface area contributed by atoms with Crippen molar-refractivity contribution in [3.8, 4) is 11.1 Å². The van der Waals surface area contributed by atoms with E-state index in [0.29, 0.717) is 5.56 Å². The average Bonchev–Trinajstić information content (AvgIpc) is 2.54. The highest BCUT2D eigenvalue weighted by Crippen LogP contribution is 2.21. The zero-order valence-corrected chi connectivity index (χ0v) is 13.0. The summed E-state index contributed by atoms with van der Waals surface area (Å²) in [5.41, 5.74) is 3.56. The van der Waals surface area contributed by atoms with E-state index < -0.39 is 0 Å². The Kier molecular flexibility index (Phi) is 4.94. The molecular formula is C18H19NO3. The monoisotopic (exact) mass is 297 g/mol. The fourth-order valence-corrected chi connectivity index (χ4v) is 2.16. The van der Waals surface area contributed by atoms with Gasteiger partial charge < -0.3 is 9.64 Å². The minimum atomic E-state index is -0.260. The van der Waals surface area contributed by atoms with Crippen LogP contribution in [0.3, 0.4) is 0 Å². The number of benzene rings is 2. The third-order valence-electron chi connectivity index (χ3n) is 3.37. The van der Waals surface area contributed by atoms with Gasteiger partial charge in [0, 0.05) is 19.7 Å². The maximum atomic E-state index is 11.9. The van der Waals surface area contributed by atoms with E-state index in [1.54, 1.807) is 19.0 Å². The van der Waals surface area contributed by atoms with Crippen LogP contribution < -0.4 is 0 Å². The predicted molar refractivity (Wildman–Crippen MR) is 85.6 cm³/mol. The Labute approximate surface area is 130 Å². The molecule has 4 nitrogen and oxygen atoms in total. The Bertz CT molecular complexity index is 675. The van der Waals surface area contributed by atoms with Gasteiger partial charge in [0.05, 0.1) is 13.5 Å². The molecule has 0 atom stereocenters. The first kappa shape index (κ1) is 15.8. The molecule has 2 rings (SSSR count). The van der Waals surface area contributed by atoms with Crippen LogP contribution in [-0.2, 0) is 16.0 Å². The summed E-state index contributed by atoms with van der Waals surface area (Å²) in [5, 5.41) is 0. The van der Waals surface area contributed by atoms with Gasteiger partial charge >= 0.3 is 5.97 Å². The fraction of sp³-hybridized carbons (Fsp3) is 0.222. The second-order valence-electron chi connectivity index (χ2n) is 5.23. The van der Waals surface area contributed by atoms with Crippen molar-refractivity contribution in [2.75, 3.05) is 21.2 Å². The van der Waals surface area contributed by atoms with Gasteiger partial charge in [-0.15, -0.1) is 0 Å². The minimum Gasteiger partial charge on any atom is -0.469 e. The summed E-state index contributed by atoms with van der Waals surface area (Å²) in [6.45, 7) is 0. The Morgan fingerprint density at radius 3 is 2.27 bits per heavy atom. The molecule has 0 aliphatic rings. The van der Waals surface area contributed by atoms with Crippen molar-refractivity contribution in [1.82, 2.24) is 4.90 Å². The lowest BCUT2D eigenvalue weighted by atomic mass is 10.0. The Morgan fingerprint density at radius 2 is 1.68 bits per heavy atom. The first-order chi connectivity index (χ1) is 10.5. The minimum absolute atomic E-state index is 0.0222. The van der Waals surface area contributed by atoms with Gasteiger partial charge in [-0.3, -0.25) is 9.59 Å². The van der Waals surface area contributed by atoms with Gasteiger partial charge in [-0.25, -0.2) is 0 Å². The number of hydrogen-bond acceptors (Lipinski definition) is 3. The van der Waals surface area contributed by atoms with Crippen LogP contribution >= 0.6 is 0 Å². The third kappa shape index (κ3) is 3.73. The molecule has 0 fully saturated rings. The number of carbonyl (C=O) groups excluding carboxylic acids is 2. The molecular weight excluding hydrogens is 278 g/mol. The van der Waals surface area contributed by atoms with Crippen molar-refractivity contribution < 1.29 is 14.3 Å². The molecule has 0 unspecified atom stereocenters. The molecule has 4 heteroatoms. The van der Waals surface area contributed by atoms with Crippen LogP contribution in [0.5, 0.6) is 0 Å². The lowest BCUT2D eigenvalue weighted by Crippen LogP contribution is -2.21. The first-order valence-corrected chi connectivity index (χ1v) is 6.99. The normalized spacial score (nSPS) is 10.1. The topological polar surface area (TPSA) is 46.6 Å². The zero-order valence-electron chi connectivity index (χ0n) is 13.0. The molecule has 0 saturated heterocycles. The molecule has 22 heavy (non-hydrogen) atoms. The molecule has 0 N–H and O–H groups in total. The smallest absolute Gasteiger partial charge is 0.309 e. The van der Waals surface area contributed by atoms with Crippen molar-refractivity contribution in [2.45, 2.75) is 6.42 Å². The van der Waals surface area contributed by atoms with Gasteiger partial charge in [0.15, 0.2) is 0 Å². The van der Waals surface area contributed by atoms with Crippen molar-refractivity contribution in [3.05, 3.63) is 59.7 Å². The lowest BCUT2D eigenvalue weighted by Gasteiger charge is -2.11. The van der Waals surface area contributed by atoms with E-state index in [1.165, 1.54) is 7.11 Å². The van der Waals surface area contributed by atoms with Crippen LogP contribution in [0.4, 0.5) is 0 Å². The van der Waals surface area contributed by atoms with Crippen molar-refractivity contribution >= 4 is 11.9 Å². The van der Waals surface area contributed by atoms with Crippen molar-refractivity contribution in [3.63, 3.8) is 0 Å². The number of methoxy groups -OCH3 is 1. The van der Waals surface area contributed by atoms with Crippen LogP contribution in [0.2, 0.25) is 0 Å². The number of ether oxygens (including phenoxy) is 1. The maximum absolute atomic E-state index is 11.9. The summed E-state index contributed by atoms with van der Waals surface area (Å²) in [5.74, 6) is -0.282. The Balaban J connectivity index is 2.23. The SMILES string of the molecule is COC(=O)Cc1cccc(-c2ccc(C(=O)N(C)C)cc2)c1. The number of hydrogen-bond donors (Lipinski definition) is 0. The van der Waals surface area contributed by atoms with Gasteiger partial charge in [0.25, 0.3) is 5.91 Å². The third-order valence-corrected chi connectivity index (χ3v) is 3.37. The summed E-state index contributed by atoms with van der Waals surface area (Å²) in [6.07, 6.45) is 0.252. The molecule has 2 aromatic rings. The first-order valence-electron chi connectivity index (χ1n) is 6.99. The predicted octanol–water partition coefficient (Wildman–Crippen LogP) is 2.77. The number of carbonyl (C=O) groups is 2. The van der Waals surface area contributed by atoms with Crippen LogP contribution in [0.25, 0.3) is 11.1 Å². The van der Waals surface area contributed by atoms with Crippen molar-refractivity contribution in [1.29, 1.82) is 0 Å². The van der Waals surface area contributed by atoms with E-state index in [4.69, 9.17) is 0 Å². The van der Waals surface area contributed by atoms with E-state index in [0.717, 1.165) is 16.7 Å². The van der Waals surface area contributed by atoms with E-state index in [2.05, 4.69) is 4.74 Å². The van der Waals surface area contributed by atoms with E-state index in [-0.39, 0.29) is 18.3 Å². The second kappa shape index (κ2) is 6.89. The van der Waals surface area contributed by atoms with Crippen LogP contribution in [0.15, 0.2) is 48.5 Å².